The van der Waals surface area contributed by atoms with E-state index in [4.69, 9.17) is 6.57 Å². The molecule has 3 aromatic rings. The van der Waals surface area contributed by atoms with Crippen molar-refractivity contribution < 1.29 is 23.4 Å². The van der Waals surface area contributed by atoms with E-state index < -0.39 is 35.9 Å². The monoisotopic (exact) mass is 518 g/mol. The molecular formula is C25H29F3N6O3. The topological polar surface area (TPSA) is 99.9 Å². The highest BCUT2D eigenvalue weighted by molar-refractivity contribution is 5.82. The van der Waals surface area contributed by atoms with Crippen molar-refractivity contribution in [1.82, 2.24) is 14.1 Å². The van der Waals surface area contributed by atoms with Crippen LogP contribution in [0.1, 0.15) is 27.2 Å². The van der Waals surface area contributed by atoms with Crippen molar-refractivity contribution in [3.05, 3.63) is 52.0 Å². The number of imidazole rings is 1. The summed E-state index contributed by atoms with van der Waals surface area (Å²) in [6.45, 7) is 11.6. The van der Waals surface area contributed by atoms with E-state index >= 15 is 0 Å². The Morgan fingerprint density at radius 3 is 2.59 bits per heavy atom. The van der Waals surface area contributed by atoms with Gasteiger partial charge in [0.1, 0.15) is 11.9 Å². The molecule has 2 aromatic heterocycles. The summed E-state index contributed by atoms with van der Waals surface area (Å²) in [6.07, 6.45) is -1.63. The molecule has 9 nitrogen and oxygen atoms in total. The number of aromatic nitrogens is 3. The number of fused-ring (bicyclic) bond motifs is 1. The zero-order valence-corrected chi connectivity index (χ0v) is 21.0. The van der Waals surface area contributed by atoms with Gasteiger partial charge in [0.25, 0.3) is 5.92 Å². The number of nitrogens with one attached hydrogen (secondary N) is 1. The zero-order valence-electron chi connectivity index (χ0n) is 21.0. The number of piperidine rings is 1. The van der Waals surface area contributed by atoms with E-state index in [0.29, 0.717) is 23.1 Å². The first-order valence-corrected chi connectivity index (χ1v) is 11.8. The molecule has 1 fully saturated rings. The quantitative estimate of drug-likeness (QED) is 0.430. The Morgan fingerprint density at radius 1 is 1.27 bits per heavy atom. The summed E-state index contributed by atoms with van der Waals surface area (Å²) in [6, 6.07) is 5.95. The minimum atomic E-state index is -3.29. The van der Waals surface area contributed by atoms with Gasteiger partial charge in [0.2, 0.25) is 5.69 Å². The van der Waals surface area contributed by atoms with Gasteiger partial charge >= 0.3 is 5.69 Å². The first-order chi connectivity index (χ1) is 17.2. The maximum Gasteiger partial charge on any atom is 0.328 e. The highest BCUT2D eigenvalue weighted by atomic mass is 19.3. The average Bonchev–Trinajstić information content (AvgIpc) is 3.05. The van der Waals surface area contributed by atoms with Gasteiger partial charge in [-0.2, -0.15) is 0 Å². The minimum absolute atomic E-state index is 0.0109. The molecule has 0 amide bonds. The molecule has 2 atom stereocenters. The third-order valence-electron chi connectivity index (χ3n) is 6.70. The van der Waals surface area contributed by atoms with Crippen LogP contribution in [0.4, 0.5) is 36.2 Å². The summed E-state index contributed by atoms with van der Waals surface area (Å²) in [5.41, 5.74) is 0.207. The van der Waals surface area contributed by atoms with E-state index in [0.717, 1.165) is 6.07 Å². The van der Waals surface area contributed by atoms with Gasteiger partial charge in [-0.05, 0) is 44.5 Å². The van der Waals surface area contributed by atoms with Crippen LogP contribution in [0.2, 0.25) is 0 Å². The van der Waals surface area contributed by atoms with Crippen molar-refractivity contribution in [1.29, 1.82) is 0 Å². The smallest absolute Gasteiger partial charge is 0.328 e. The van der Waals surface area contributed by atoms with Gasteiger partial charge in [-0.15, -0.1) is 0 Å². The second kappa shape index (κ2) is 9.39. The Hall–Kier alpha value is -3.56. The molecule has 3 N–H and O–H groups in total. The second-order valence-electron chi connectivity index (χ2n) is 10.2. The number of pyridine rings is 1. The molecule has 4 rings (SSSR count). The molecule has 0 spiro atoms. The van der Waals surface area contributed by atoms with E-state index in [2.05, 4.69) is 15.1 Å². The molecule has 0 unspecified atom stereocenters. The molecule has 37 heavy (non-hydrogen) atoms. The lowest BCUT2D eigenvalue weighted by molar-refractivity contribution is -0.149. The number of benzene rings is 1. The van der Waals surface area contributed by atoms with Gasteiger partial charge in [-0.25, -0.2) is 27.8 Å². The third kappa shape index (κ3) is 5.01. The fourth-order valence-electron chi connectivity index (χ4n) is 4.46. The number of aryl methyl sites for hydroxylation is 2. The van der Waals surface area contributed by atoms with Gasteiger partial charge in [0.05, 0.1) is 29.8 Å². The number of alkyl halides is 2. The minimum Gasteiger partial charge on any atom is -0.390 e. The van der Waals surface area contributed by atoms with Crippen LogP contribution in [-0.4, -0.2) is 55.0 Å². The van der Waals surface area contributed by atoms with Crippen LogP contribution >= 0.6 is 0 Å². The molecule has 1 saturated heterocycles. The van der Waals surface area contributed by atoms with Crippen molar-refractivity contribution >= 4 is 34.0 Å². The normalized spacial score (nSPS) is 19.7. The predicted octanol–water partition coefficient (Wildman–Crippen LogP) is 3.78. The SMILES string of the molecule is [C-]#[N+]c1cc(F)c(Nc2ccc3c(c2)n(CCC(C)(C)O)c(=O)n3C)nc1N1C[C@@H](C)C(F)(F)[C@@H](O)C1. The van der Waals surface area contributed by atoms with E-state index in [9.17, 15) is 28.2 Å². The number of aliphatic hydroxyl groups is 2. The number of anilines is 3. The molecular weight excluding hydrogens is 489 g/mol. The van der Waals surface area contributed by atoms with E-state index in [1.807, 2.05) is 0 Å². The van der Waals surface area contributed by atoms with Gasteiger partial charge in [0.15, 0.2) is 11.6 Å². The van der Waals surface area contributed by atoms with Crippen LogP contribution in [0, 0.1) is 18.3 Å². The molecule has 12 heteroatoms. The maximum atomic E-state index is 14.9. The van der Waals surface area contributed by atoms with Gasteiger partial charge < -0.3 is 20.4 Å². The number of rotatable bonds is 6. The molecule has 0 aliphatic carbocycles. The Kier molecular flexibility index (Phi) is 6.73. The Balaban J connectivity index is 1.70. The van der Waals surface area contributed by atoms with E-state index in [1.54, 1.807) is 39.1 Å². The van der Waals surface area contributed by atoms with Crippen LogP contribution in [0.25, 0.3) is 15.9 Å². The fourth-order valence-corrected chi connectivity index (χ4v) is 4.46. The Bertz CT molecular complexity index is 1420. The summed E-state index contributed by atoms with van der Waals surface area (Å²) < 4.78 is 46.2. The standard InChI is InChI=1S/C25H29F3N6O3/c1-14-12-33(13-20(35)25(14,27)28)22-17(29-4)11-16(26)21(31-22)30-15-6-7-18-19(10-15)34(23(36)32(18)5)9-8-24(2,3)37/h6-7,10-11,14,20,35,37H,8-9,12-13H2,1-3,5H3,(H,30,31)/t14-,20+/m1/s1. The van der Waals surface area contributed by atoms with Crippen LogP contribution in [-0.2, 0) is 13.6 Å². The summed E-state index contributed by atoms with van der Waals surface area (Å²) in [5.74, 6) is -5.56. The lowest BCUT2D eigenvalue weighted by atomic mass is 9.93. The zero-order chi connectivity index (χ0) is 27.3. The number of β-amino-alcohol motifs (C(OH)–C–C–N with tert-alkyl or cyclic N) is 1. The first kappa shape index (κ1) is 26.5. The summed E-state index contributed by atoms with van der Waals surface area (Å²) in [7, 11) is 1.63. The van der Waals surface area contributed by atoms with Crippen molar-refractivity contribution in [2.75, 3.05) is 23.3 Å². The average molecular weight is 519 g/mol. The van der Waals surface area contributed by atoms with E-state index in [1.165, 1.54) is 21.0 Å². The van der Waals surface area contributed by atoms with Crippen LogP contribution < -0.4 is 15.9 Å². The van der Waals surface area contributed by atoms with Crippen molar-refractivity contribution in [2.24, 2.45) is 13.0 Å². The molecule has 198 valence electrons. The van der Waals surface area contributed by atoms with Gasteiger partial charge in [-0.3, -0.25) is 9.13 Å². The number of hydrogen-bond acceptors (Lipinski definition) is 6. The van der Waals surface area contributed by atoms with E-state index in [-0.39, 0.29) is 36.1 Å². The summed E-state index contributed by atoms with van der Waals surface area (Å²) in [5, 5.41) is 22.9. The number of aliphatic hydroxyl groups excluding tert-OH is 1. The first-order valence-electron chi connectivity index (χ1n) is 11.8. The molecule has 0 saturated carbocycles. The van der Waals surface area contributed by atoms with Crippen LogP contribution in [0.3, 0.4) is 0 Å². The lowest BCUT2D eigenvalue weighted by Crippen LogP contribution is -2.56. The number of hydrogen-bond donors (Lipinski definition) is 3. The van der Waals surface area contributed by atoms with Gasteiger partial charge in [-0.1, -0.05) is 6.92 Å². The predicted molar refractivity (Wildman–Crippen MR) is 134 cm³/mol. The summed E-state index contributed by atoms with van der Waals surface area (Å²) >= 11 is 0. The molecule has 3 heterocycles. The highest BCUT2D eigenvalue weighted by Crippen LogP contribution is 2.39. The summed E-state index contributed by atoms with van der Waals surface area (Å²) in [4.78, 5) is 21.7. The largest absolute Gasteiger partial charge is 0.390 e. The number of halogens is 3. The molecule has 0 radical (unpaired) electrons. The maximum absolute atomic E-state index is 14.9. The molecule has 1 aliphatic heterocycles. The van der Waals surface area contributed by atoms with Crippen LogP contribution in [0.15, 0.2) is 29.1 Å². The van der Waals surface area contributed by atoms with Crippen molar-refractivity contribution in [3.63, 3.8) is 0 Å². The molecule has 1 aliphatic rings. The van der Waals surface area contributed by atoms with Crippen LogP contribution in [0.5, 0.6) is 0 Å². The highest BCUT2D eigenvalue weighted by Gasteiger charge is 2.49. The lowest BCUT2D eigenvalue weighted by Gasteiger charge is -2.41. The fraction of sp³-hybridized carbons (Fsp3) is 0.480. The van der Waals surface area contributed by atoms with Gasteiger partial charge in [0, 0.05) is 31.7 Å². The van der Waals surface area contributed by atoms with Crippen molar-refractivity contribution in [3.8, 4) is 0 Å². The molecule has 1 aromatic carbocycles. The Morgan fingerprint density at radius 2 is 1.97 bits per heavy atom. The number of nitrogens with zero attached hydrogens (tertiary/aromatic N) is 5. The van der Waals surface area contributed by atoms with Crippen molar-refractivity contribution in [2.45, 2.75) is 51.4 Å². The molecule has 0 bridgehead atoms. The second-order valence-corrected chi connectivity index (χ2v) is 10.2. The Labute approximate surface area is 211 Å². The third-order valence-corrected chi connectivity index (χ3v) is 6.70.